The molecule has 2 atom stereocenters. The quantitative estimate of drug-likeness (QED) is 0.463. The molecule has 4 rings (SSSR count). The Hall–Kier alpha value is -3.67. The molecule has 6 heteroatoms. The molecule has 0 saturated heterocycles. The van der Waals surface area contributed by atoms with E-state index in [0.29, 0.717) is 11.1 Å². The molecule has 0 aromatic heterocycles. The third-order valence-electron chi connectivity index (χ3n) is 5.58. The van der Waals surface area contributed by atoms with Gasteiger partial charge in [0.25, 0.3) is 11.6 Å². The van der Waals surface area contributed by atoms with E-state index in [9.17, 15) is 14.9 Å². The second kappa shape index (κ2) is 7.99. The molecule has 0 saturated carbocycles. The summed E-state index contributed by atoms with van der Waals surface area (Å²) in [6.07, 6.45) is 0.728. The molecule has 0 fully saturated rings. The van der Waals surface area contributed by atoms with Crippen LogP contribution in [0.4, 0.5) is 17.1 Å². The predicted molar refractivity (Wildman–Crippen MR) is 118 cm³/mol. The summed E-state index contributed by atoms with van der Waals surface area (Å²) in [6.45, 7) is 3.68. The minimum atomic E-state index is -0.445. The fourth-order valence-electron chi connectivity index (χ4n) is 4.07. The Morgan fingerprint density at radius 2 is 1.77 bits per heavy atom. The largest absolute Gasteiger partial charge is 0.378 e. The average Bonchev–Trinajstić information content (AvgIpc) is 2.74. The maximum Gasteiger partial charge on any atom is 0.273 e. The maximum atomic E-state index is 13.4. The van der Waals surface area contributed by atoms with E-state index in [1.807, 2.05) is 61.5 Å². The van der Waals surface area contributed by atoms with E-state index in [4.69, 9.17) is 0 Å². The Labute approximate surface area is 175 Å². The number of benzene rings is 3. The lowest BCUT2D eigenvalue weighted by atomic mass is 9.90. The molecular weight excluding hydrogens is 378 g/mol. The standard InChI is InChI=1S/C24H23N3O3/c1-16-12-13-18(15-23(16)27(29)30)24(28)26-17(2)14-21(20-10-6-7-11-22(20)26)25-19-8-4-3-5-9-19/h3-13,15,17,21,25H,14H2,1-2H3/t17-,21+/m1/s1. The molecule has 3 aromatic carbocycles. The van der Waals surface area contributed by atoms with Crippen molar-refractivity contribution in [2.45, 2.75) is 32.4 Å². The van der Waals surface area contributed by atoms with Gasteiger partial charge >= 0.3 is 0 Å². The van der Waals surface area contributed by atoms with Gasteiger partial charge in [0.1, 0.15) is 0 Å². The number of nitro groups is 1. The topological polar surface area (TPSA) is 75.5 Å². The highest BCUT2D eigenvalue weighted by Gasteiger charge is 2.34. The van der Waals surface area contributed by atoms with E-state index in [0.717, 1.165) is 23.4 Å². The van der Waals surface area contributed by atoms with Crippen molar-refractivity contribution in [3.63, 3.8) is 0 Å². The fraction of sp³-hybridized carbons (Fsp3) is 0.208. The number of carbonyl (C=O) groups excluding carboxylic acids is 1. The second-order valence-electron chi connectivity index (χ2n) is 7.64. The molecule has 0 bridgehead atoms. The van der Waals surface area contributed by atoms with Crippen LogP contribution < -0.4 is 10.2 Å². The van der Waals surface area contributed by atoms with Gasteiger partial charge in [-0.15, -0.1) is 0 Å². The number of hydrogen-bond donors (Lipinski definition) is 1. The van der Waals surface area contributed by atoms with Gasteiger partial charge in [-0.05, 0) is 50.1 Å². The SMILES string of the molecule is Cc1ccc(C(=O)N2c3ccccc3[C@@H](Nc3ccccc3)C[C@H]2C)cc1[N+](=O)[O-]. The minimum Gasteiger partial charge on any atom is -0.378 e. The van der Waals surface area contributed by atoms with Crippen LogP contribution in [0.2, 0.25) is 0 Å². The van der Waals surface area contributed by atoms with Crippen LogP contribution in [0.1, 0.15) is 40.9 Å². The third-order valence-corrected chi connectivity index (χ3v) is 5.58. The van der Waals surface area contributed by atoms with Crippen LogP contribution in [0.25, 0.3) is 0 Å². The third kappa shape index (κ3) is 3.64. The molecule has 152 valence electrons. The number of nitro benzene ring substituents is 1. The van der Waals surface area contributed by atoms with Gasteiger partial charge in [0.15, 0.2) is 0 Å². The van der Waals surface area contributed by atoms with Gasteiger partial charge < -0.3 is 10.2 Å². The normalized spacial score (nSPS) is 17.9. The number of nitrogens with one attached hydrogen (secondary N) is 1. The molecule has 30 heavy (non-hydrogen) atoms. The first-order valence-corrected chi connectivity index (χ1v) is 9.95. The molecule has 1 aliphatic rings. The van der Waals surface area contributed by atoms with E-state index >= 15 is 0 Å². The Morgan fingerprint density at radius 3 is 2.50 bits per heavy atom. The van der Waals surface area contributed by atoms with E-state index in [2.05, 4.69) is 5.32 Å². The van der Waals surface area contributed by atoms with Gasteiger partial charge in [-0.2, -0.15) is 0 Å². The Kier molecular flexibility index (Phi) is 5.23. The van der Waals surface area contributed by atoms with Crippen LogP contribution in [-0.2, 0) is 0 Å². The molecule has 1 heterocycles. The van der Waals surface area contributed by atoms with Crippen LogP contribution >= 0.6 is 0 Å². The number of hydrogen-bond acceptors (Lipinski definition) is 4. The second-order valence-corrected chi connectivity index (χ2v) is 7.64. The van der Waals surface area contributed by atoms with Crippen LogP contribution in [0.5, 0.6) is 0 Å². The van der Waals surface area contributed by atoms with Crippen molar-refractivity contribution in [2.75, 3.05) is 10.2 Å². The fourth-order valence-corrected chi connectivity index (χ4v) is 4.07. The highest BCUT2D eigenvalue weighted by Crippen LogP contribution is 2.39. The highest BCUT2D eigenvalue weighted by molar-refractivity contribution is 6.07. The first kappa shape index (κ1) is 19.6. The molecule has 0 spiro atoms. The predicted octanol–water partition coefficient (Wildman–Crippen LogP) is 5.50. The number of amides is 1. The summed E-state index contributed by atoms with van der Waals surface area (Å²) in [6, 6.07) is 22.5. The summed E-state index contributed by atoms with van der Waals surface area (Å²) in [4.78, 5) is 26.0. The van der Waals surface area contributed by atoms with E-state index in [1.165, 1.54) is 6.07 Å². The summed E-state index contributed by atoms with van der Waals surface area (Å²) < 4.78 is 0. The van der Waals surface area contributed by atoms with Crippen molar-refractivity contribution in [3.05, 3.63) is 99.6 Å². The molecule has 0 unspecified atom stereocenters. The number of para-hydroxylation sites is 2. The van der Waals surface area contributed by atoms with Crippen molar-refractivity contribution in [1.29, 1.82) is 0 Å². The Bertz CT molecular complexity index is 1100. The number of rotatable bonds is 4. The van der Waals surface area contributed by atoms with Crippen LogP contribution in [0.15, 0.2) is 72.8 Å². The van der Waals surface area contributed by atoms with Crippen molar-refractivity contribution < 1.29 is 9.72 Å². The van der Waals surface area contributed by atoms with E-state index < -0.39 is 4.92 Å². The van der Waals surface area contributed by atoms with E-state index in [1.54, 1.807) is 24.0 Å². The highest BCUT2D eigenvalue weighted by atomic mass is 16.6. The summed E-state index contributed by atoms with van der Waals surface area (Å²) >= 11 is 0. The van der Waals surface area contributed by atoms with Crippen LogP contribution in [-0.4, -0.2) is 16.9 Å². The summed E-state index contributed by atoms with van der Waals surface area (Å²) in [5.41, 5.74) is 3.72. The van der Waals surface area contributed by atoms with Gasteiger partial charge in [-0.25, -0.2) is 0 Å². The van der Waals surface area contributed by atoms with Gasteiger partial charge in [-0.3, -0.25) is 14.9 Å². The smallest absolute Gasteiger partial charge is 0.273 e. The lowest BCUT2D eigenvalue weighted by Crippen LogP contribution is -2.44. The number of nitrogens with zero attached hydrogens (tertiary/aromatic N) is 2. The number of aryl methyl sites for hydroxylation is 1. The van der Waals surface area contributed by atoms with Gasteiger partial charge in [0.2, 0.25) is 0 Å². The van der Waals surface area contributed by atoms with Crippen molar-refractivity contribution in [1.82, 2.24) is 0 Å². The molecule has 0 aliphatic carbocycles. The van der Waals surface area contributed by atoms with Gasteiger partial charge in [-0.1, -0.05) is 42.5 Å². The molecule has 1 amide bonds. The zero-order valence-electron chi connectivity index (χ0n) is 16.9. The number of anilines is 2. The average molecular weight is 401 g/mol. The Balaban J connectivity index is 1.70. The first-order valence-electron chi connectivity index (χ1n) is 9.95. The molecule has 3 aromatic rings. The minimum absolute atomic E-state index is 0.0394. The molecule has 0 radical (unpaired) electrons. The van der Waals surface area contributed by atoms with Crippen molar-refractivity contribution in [2.24, 2.45) is 0 Å². The summed E-state index contributed by atoms with van der Waals surface area (Å²) in [5.74, 6) is -0.226. The zero-order chi connectivity index (χ0) is 21.3. The lowest BCUT2D eigenvalue weighted by molar-refractivity contribution is -0.385. The van der Waals surface area contributed by atoms with Crippen molar-refractivity contribution >= 4 is 23.0 Å². The monoisotopic (exact) mass is 401 g/mol. The molecule has 6 nitrogen and oxygen atoms in total. The van der Waals surface area contributed by atoms with E-state index in [-0.39, 0.29) is 23.7 Å². The van der Waals surface area contributed by atoms with Crippen molar-refractivity contribution in [3.8, 4) is 0 Å². The van der Waals surface area contributed by atoms with Crippen LogP contribution in [0, 0.1) is 17.0 Å². The maximum absolute atomic E-state index is 13.4. The van der Waals surface area contributed by atoms with Crippen LogP contribution in [0.3, 0.4) is 0 Å². The zero-order valence-corrected chi connectivity index (χ0v) is 16.9. The summed E-state index contributed by atoms with van der Waals surface area (Å²) in [5, 5.41) is 14.9. The number of fused-ring (bicyclic) bond motifs is 1. The summed E-state index contributed by atoms with van der Waals surface area (Å²) in [7, 11) is 0. The molecule has 1 aliphatic heterocycles. The first-order chi connectivity index (χ1) is 14.5. The Morgan fingerprint density at radius 1 is 1.07 bits per heavy atom. The van der Waals surface area contributed by atoms with Gasteiger partial charge in [0.05, 0.1) is 11.0 Å². The lowest BCUT2D eigenvalue weighted by Gasteiger charge is -2.40. The molecule has 1 N–H and O–H groups in total. The van der Waals surface area contributed by atoms with Gasteiger partial charge in [0, 0.05) is 34.6 Å². The number of carbonyl (C=O) groups is 1. The molecular formula is C24H23N3O3.